The molecule has 0 saturated carbocycles. The van der Waals surface area contributed by atoms with Crippen LogP contribution in [0.15, 0.2) is 77.7 Å². The Morgan fingerprint density at radius 1 is 0.921 bits per heavy atom. The smallest absolute Gasteiger partial charge is 0.273 e. The number of para-hydroxylation sites is 1. The molecule has 11 heteroatoms. The van der Waals surface area contributed by atoms with Gasteiger partial charge in [-0.1, -0.05) is 60.2 Å². The Labute approximate surface area is 225 Å². The van der Waals surface area contributed by atoms with Crippen molar-refractivity contribution in [3.63, 3.8) is 0 Å². The number of hydrogen-bond donors (Lipinski definition) is 0. The van der Waals surface area contributed by atoms with Gasteiger partial charge in [0, 0.05) is 55.8 Å². The molecule has 1 aliphatic rings. The SMILES string of the molecule is Cc1ccc(-c2ccc(S(=O)(=O)N3CCCN(c4nc(Cc5ccccc5[N+](=O)[O-])ns4)CC3)cc2)cc1. The number of sulfonamides is 1. The molecule has 0 unspecified atom stereocenters. The molecule has 1 aliphatic heterocycles. The second kappa shape index (κ2) is 11.0. The van der Waals surface area contributed by atoms with Crippen molar-refractivity contribution in [2.75, 3.05) is 31.1 Å². The van der Waals surface area contributed by atoms with Gasteiger partial charge in [-0.05, 0) is 36.6 Å². The minimum Gasteiger partial charge on any atom is -0.345 e. The standard InChI is InChI=1S/C27H27N5O4S2/c1-20-7-9-21(10-8-20)22-11-13-24(14-12-22)38(35,36)31-16-4-15-30(17-18-31)27-28-26(29-37-27)19-23-5-2-3-6-25(23)32(33)34/h2-3,5-14H,4,15-19H2,1H3. The molecular formula is C27H27N5O4S2. The van der Waals surface area contributed by atoms with Crippen LogP contribution in [0, 0.1) is 17.0 Å². The van der Waals surface area contributed by atoms with E-state index >= 15 is 0 Å². The summed E-state index contributed by atoms with van der Waals surface area (Å²) in [6.45, 7) is 3.92. The highest BCUT2D eigenvalue weighted by Crippen LogP contribution is 2.27. The van der Waals surface area contributed by atoms with Crippen LogP contribution in [-0.4, -0.2) is 53.2 Å². The summed E-state index contributed by atoms with van der Waals surface area (Å²) in [6.07, 6.45) is 0.917. The fourth-order valence-electron chi connectivity index (χ4n) is 4.49. The summed E-state index contributed by atoms with van der Waals surface area (Å²) in [7, 11) is -3.63. The first kappa shape index (κ1) is 26.0. The van der Waals surface area contributed by atoms with Crippen molar-refractivity contribution in [2.24, 2.45) is 0 Å². The molecule has 9 nitrogen and oxygen atoms in total. The molecule has 196 valence electrons. The number of benzene rings is 3. The van der Waals surface area contributed by atoms with E-state index < -0.39 is 14.9 Å². The van der Waals surface area contributed by atoms with Gasteiger partial charge in [0.05, 0.1) is 9.82 Å². The molecule has 0 amide bonds. The van der Waals surface area contributed by atoms with Crippen LogP contribution >= 0.6 is 11.5 Å². The second-order valence-corrected chi connectivity index (χ2v) is 11.9. The first-order valence-electron chi connectivity index (χ1n) is 12.3. The van der Waals surface area contributed by atoms with Gasteiger partial charge < -0.3 is 4.90 Å². The Morgan fingerprint density at radius 3 is 2.32 bits per heavy atom. The van der Waals surface area contributed by atoms with Crippen molar-refractivity contribution in [3.8, 4) is 11.1 Å². The van der Waals surface area contributed by atoms with Crippen LogP contribution in [-0.2, 0) is 16.4 Å². The number of anilines is 1. The minimum atomic E-state index is -3.63. The molecule has 0 aliphatic carbocycles. The predicted octanol–water partition coefficient (Wildman–Crippen LogP) is 4.91. The lowest BCUT2D eigenvalue weighted by atomic mass is 10.0. The molecule has 1 fully saturated rings. The van der Waals surface area contributed by atoms with E-state index in [0.29, 0.717) is 49.1 Å². The van der Waals surface area contributed by atoms with Crippen LogP contribution < -0.4 is 4.90 Å². The Hall–Kier alpha value is -3.67. The summed E-state index contributed by atoms with van der Waals surface area (Å²) >= 11 is 1.23. The average Bonchev–Trinajstić information content (AvgIpc) is 3.23. The molecule has 0 bridgehead atoms. The summed E-state index contributed by atoms with van der Waals surface area (Å²) in [6, 6.07) is 21.8. The third kappa shape index (κ3) is 5.59. The van der Waals surface area contributed by atoms with Gasteiger partial charge in [-0.2, -0.15) is 8.68 Å². The highest BCUT2D eigenvalue weighted by Gasteiger charge is 2.28. The molecule has 38 heavy (non-hydrogen) atoms. The molecule has 0 N–H and O–H groups in total. The topological polar surface area (TPSA) is 110 Å². The lowest BCUT2D eigenvalue weighted by molar-refractivity contribution is -0.385. The first-order valence-corrected chi connectivity index (χ1v) is 14.5. The number of aromatic nitrogens is 2. The molecule has 1 aromatic heterocycles. The van der Waals surface area contributed by atoms with Gasteiger partial charge in [0.25, 0.3) is 5.69 Å². The number of hydrogen-bond acceptors (Lipinski definition) is 8. The maximum absolute atomic E-state index is 13.4. The fourth-order valence-corrected chi connectivity index (χ4v) is 6.70. The van der Waals surface area contributed by atoms with E-state index in [2.05, 4.69) is 9.36 Å². The number of nitro benzene ring substituents is 1. The summed E-state index contributed by atoms with van der Waals surface area (Å²) < 4.78 is 32.7. The van der Waals surface area contributed by atoms with Gasteiger partial charge in [-0.15, -0.1) is 0 Å². The molecule has 5 rings (SSSR count). The molecule has 0 radical (unpaired) electrons. The van der Waals surface area contributed by atoms with Crippen LogP contribution in [0.4, 0.5) is 10.8 Å². The van der Waals surface area contributed by atoms with Crippen molar-refractivity contribution in [1.29, 1.82) is 0 Å². The Kier molecular flexibility index (Phi) is 7.50. The summed E-state index contributed by atoms with van der Waals surface area (Å²) in [5.74, 6) is 0.515. The Balaban J connectivity index is 1.25. The highest BCUT2D eigenvalue weighted by atomic mass is 32.2. The number of aryl methyl sites for hydroxylation is 1. The highest BCUT2D eigenvalue weighted by molar-refractivity contribution is 7.89. The molecule has 3 aromatic carbocycles. The Morgan fingerprint density at radius 2 is 1.61 bits per heavy atom. The summed E-state index contributed by atoms with van der Waals surface area (Å²) in [4.78, 5) is 17.8. The van der Waals surface area contributed by atoms with E-state index in [1.807, 2.05) is 48.2 Å². The zero-order chi connectivity index (χ0) is 26.7. The molecule has 1 saturated heterocycles. The van der Waals surface area contributed by atoms with E-state index in [1.54, 1.807) is 30.3 Å². The first-order chi connectivity index (χ1) is 18.3. The predicted molar refractivity (Wildman–Crippen MR) is 148 cm³/mol. The van der Waals surface area contributed by atoms with Crippen LogP contribution in [0.5, 0.6) is 0 Å². The number of rotatable bonds is 7. The van der Waals surface area contributed by atoms with E-state index in [0.717, 1.165) is 11.1 Å². The van der Waals surface area contributed by atoms with Crippen LogP contribution in [0.25, 0.3) is 11.1 Å². The van der Waals surface area contributed by atoms with Crippen LogP contribution in [0.2, 0.25) is 0 Å². The van der Waals surface area contributed by atoms with Gasteiger partial charge in [0.1, 0.15) is 5.82 Å². The van der Waals surface area contributed by atoms with E-state index in [-0.39, 0.29) is 17.0 Å². The summed E-state index contributed by atoms with van der Waals surface area (Å²) in [5.41, 5.74) is 3.80. The van der Waals surface area contributed by atoms with Crippen molar-refractivity contribution in [3.05, 3.63) is 99.9 Å². The van der Waals surface area contributed by atoms with E-state index in [4.69, 9.17) is 0 Å². The average molecular weight is 550 g/mol. The molecule has 2 heterocycles. The monoisotopic (exact) mass is 549 g/mol. The molecule has 0 atom stereocenters. The maximum Gasteiger partial charge on any atom is 0.273 e. The van der Waals surface area contributed by atoms with Crippen molar-refractivity contribution < 1.29 is 13.3 Å². The maximum atomic E-state index is 13.4. The van der Waals surface area contributed by atoms with Gasteiger partial charge in [0.15, 0.2) is 0 Å². The van der Waals surface area contributed by atoms with Crippen molar-refractivity contribution >= 4 is 32.4 Å². The molecule has 4 aromatic rings. The van der Waals surface area contributed by atoms with Crippen LogP contribution in [0.3, 0.4) is 0 Å². The normalized spacial score (nSPS) is 14.8. The van der Waals surface area contributed by atoms with Crippen LogP contribution in [0.1, 0.15) is 23.4 Å². The van der Waals surface area contributed by atoms with E-state index in [9.17, 15) is 18.5 Å². The lowest BCUT2D eigenvalue weighted by Crippen LogP contribution is -2.35. The van der Waals surface area contributed by atoms with Gasteiger partial charge in [0.2, 0.25) is 15.2 Å². The van der Waals surface area contributed by atoms with E-state index in [1.165, 1.54) is 27.5 Å². The zero-order valence-corrected chi connectivity index (χ0v) is 22.5. The fraction of sp³-hybridized carbons (Fsp3) is 0.259. The van der Waals surface area contributed by atoms with Crippen molar-refractivity contribution in [2.45, 2.75) is 24.7 Å². The minimum absolute atomic E-state index is 0.0476. The Bertz CT molecular complexity index is 1540. The quantitative estimate of drug-likeness (QED) is 0.238. The van der Waals surface area contributed by atoms with Crippen molar-refractivity contribution in [1.82, 2.24) is 13.7 Å². The third-order valence-corrected chi connectivity index (χ3v) is 9.32. The second-order valence-electron chi connectivity index (χ2n) is 9.19. The lowest BCUT2D eigenvalue weighted by Gasteiger charge is -2.21. The molecular weight excluding hydrogens is 522 g/mol. The van der Waals surface area contributed by atoms with Gasteiger partial charge >= 0.3 is 0 Å². The van der Waals surface area contributed by atoms with Gasteiger partial charge in [-0.25, -0.2) is 13.4 Å². The summed E-state index contributed by atoms with van der Waals surface area (Å²) in [5, 5.41) is 12.0. The number of nitro groups is 1. The molecule has 0 spiro atoms. The largest absolute Gasteiger partial charge is 0.345 e. The third-order valence-electron chi connectivity index (χ3n) is 6.60. The number of nitrogens with zero attached hydrogens (tertiary/aromatic N) is 5. The zero-order valence-electron chi connectivity index (χ0n) is 20.9. The van der Waals surface area contributed by atoms with Gasteiger partial charge in [-0.3, -0.25) is 10.1 Å².